The first-order chi connectivity index (χ1) is 12.9. The number of amides is 2. The van der Waals surface area contributed by atoms with Gasteiger partial charge in [0.25, 0.3) is 11.8 Å². The topological polar surface area (TPSA) is 49.4 Å². The van der Waals surface area contributed by atoms with E-state index in [0.717, 1.165) is 0 Å². The Morgan fingerprint density at radius 2 is 1.81 bits per heavy atom. The van der Waals surface area contributed by atoms with E-state index in [1.165, 1.54) is 28.4 Å². The van der Waals surface area contributed by atoms with Crippen LogP contribution < -0.4 is 5.32 Å². The Balaban J connectivity index is 1.78. The predicted octanol–water partition coefficient (Wildman–Crippen LogP) is 5.16. The molecule has 1 heterocycles. The van der Waals surface area contributed by atoms with Crippen LogP contribution in [0.3, 0.4) is 0 Å². The Morgan fingerprint density at radius 3 is 2.48 bits per heavy atom. The highest BCUT2D eigenvalue weighted by atomic mass is 35.5. The summed E-state index contributed by atoms with van der Waals surface area (Å²) in [5, 5.41) is 3.00. The Labute approximate surface area is 165 Å². The number of anilines is 1. The Morgan fingerprint density at radius 1 is 1.07 bits per heavy atom. The molecule has 0 spiro atoms. The van der Waals surface area contributed by atoms with Crippen molar-refractivity contribution in [2.24, 2.45) is 0 Å². The number of nitrogens with one attached hydrogen (secondary N) is 1. The molecule has 0 aliphatic carbocycles. The minimum absolute atomic E-state index is 0.217. The lowest BCUT2D eigenvalue weighted by Gasteiger charge is -2.12. The third kappa shape index (κ3) is 4.18. The van der Waals surface area contributed by atoms with Gasteiger partial charge in [-0.1, -0.05) is 29.8 Å². The summed E-state index contributed by atoms with van der Waals surface area (Å²) < 4.78 is 13.9. The van der Waals surface area contributed by atoms with Gasteiger partial charge in [0.1, 0.15) is 5.82 Å². The van der Waals surface area contributed by atoms with Gasteiger partial charge in [0.15, 0.2) is 0 Å². The van der Waals surface area contributed by atoms with Crippen LogP contribution in [0, 0.1) is 5.82 Å². The van der Waals surface area contributed by atoms with Crippen molar-refractivity contribution >= 4 is 40.4 Å². The Hall–Kier alpha value is -2.70. The zero-order chi connectivity index (χ0) is 19.6. The van der Waals surface area contributed by atoms with Crippen LogP contribution in [-0.2, 0) is 0 Å². The van der Waals surface area contributed by atoms with Crippen molar-refractivity contribution in [2.75, 3.05) is 19.4 Å². The van der Waals surface area contributed by atoms with Gasteiger partial charge in [0.2, 0.25) is 0 Å². The number of carbonyl (C=O) groups excluding carboxylic acids is 2. The number of benzene rings is 2. The van der Waals surface area contributed by atoms with Crippen molar-refractivity contribution in [1.82, 2.24) is 4.90 Å². The molecule has 1 aromatic heterocycles. The Bertz CT molecular complexity index is 1020. The number of hydrogen-bond acceptors (Lipinski definition) is 3. The number of hydrogen-bond donors (Lipinski definition) is 1. The normalized spacial score (nSPS) is 10.5. The van der Waals surface area contributed by atoms with Crippen molar-refractivity contribution in [3.05, 3.63) is 75.9 Å². The molecule has 0 saturated carbocycles. The molecule has 0 aliphatic heterocycles. The van der Waals surface area contributed by atoms with E-state index in [1.807, 2.05) is 0 Å². The van der Waals surface area contributed by atoms with E-state index >= 15 is 0 Å². The second-order valence-corrected chi connectivity index (χ2v) is 7.48. The lowest BCUT2D eigenvalue weighted by Crippen LogP contribution is -2.22. The molecule has 0 unspecified atom stereocenters. The van der Waals surface area contributed by atoms with E-state index in [2.05, 4.69) is 5.32 Å². The van der Waals surface area contributed by atoms with E-state index < -0.39 is 0 Å². The maximum absolute atomic E-state index is 13.9. The van der Waals surface area contributed by atoms with Crippen molar-refractivity contribution in [3.63, 3.8) is 0 Å². The summed E-state index contributed by atoms with van der Waals surface area (Å²) >= 11 is 7.36. The first-order valence-corrected chi connectivity index (χ1v) is 9.23. The van der Waals surface area contributed by atoms with Gasteiger partial charge >= 0.3 is 0 Å². The van der Waals surface area contributed by atoms with E-state index in [4.69, 9.17) is 11.6 Å². The molecule has 0 fully saturated rings. The number of thiophene rings is 1. The highest BCUT2D eigenvalue weighted by Crippen LogP contribution is 2.30. The van der Waals surface area contributed by atoms with Crippen LogP contribution in [0.2, 0.25) is 5.02 Å². The van der Waals surface area contributed by atoms with Crippen LogP contribution in [-0.4, -0.2) is 30.8 Å². The molecule has 0 radical (unpaired) electrons. The third-order valence-electron chi connectivity index (χ3n) is 3.83. The molecule has 4 nitrogen and oxygen atoms in total. The fraction of sp³-hybridized carbons (Fsp3) is 0.100. The molecular weight excluding hydrogens is 387 g/mol. The predicted molar refractivity (Wildman–Crippen MR) is 107 cm³/mol. The maximum atomic E-state index is 13.9. The van der Waals surface area contributed by atoms with Crippen molar-refractivity contribution in [2.45, 2.75) is 0 Å². The molecule has 27 heavy (non-hydrogen) atoms. The summed E-state index contributed by atoms with van der Waals surface area (Å²) in [6, 6.07) is 14.5. The Kier molecular flexibility index (Phi) is 5.58. The van der Waals surface area contributed by atoms with Gasteiger partial charge in [-0.05, 0) is 36.4 Å². The first-order valence-electron chi connectivity index (χ1n) is 8.04. The largest absolute Gasteiger partial charge is 0.345 e. The van der Waals surface area contributed by atoms with Gasteiger partial charge in [0.05, 0.1) is 15.5 Å². The van der Waals surface area contributed by atoms with Gasteiger partial charge in [-0.2, -0.15) is 0 Å². The van der Waals surface area contributed by atoms with Crippen LogP contribution in [0.4, 0.5) is 10.1 Å². The average molecular weight is 403 g/mol. The number of halogens is 2. The van der Waals surface area contributed by atoms with Crippen molar-refractivity contribution in [3.8, 4) is 10.4 Å². The summed E-state index contributed by atoms with van der Waals surface area (Å²) in [6.45, 7) is 0. The molecular formula is C20H16ClFN2O2S. The zero-order valence-electron chi connectivity index (χ0n) is 14.6. The summed E-state index contributed by atoms with van der Waals surface area (Å²) in [5.74, 6) is -0.879. The highest BCUT2D eigenvalue weighted by molar-refractivity contribution is 7.17. The molecule has 2 aromatic carbocycles. The fourth-order valence-corrected chi connectivity index (χ4v) is 3.66. The average Bonchev–Trinajstić information content (AvgIpc) is 3.11. The minimum atomic E-state index is -0.334. The van der Waals surface area contributed by atoms with Crippen LogP contribution in [0.5, 0.6) is 0 Å². The number of carbonyl (C=O) groups is 2. The molecule has 0 atom stereocenters. The van der Waals surface area contributed by atoms with E-state index in [9.17, 15) is 14.0 Å². The molecule has 138 valence electrons. The standard InChI is InChI=1S/C20H16ClFN2O2S/c1-24(2)20(26)13-8-7-12(11-15(13)21)23-19(25)18-10-9-17(27-18)14-5-3-4-6-16(14)22/h3-11H,1-2H3,(H,23,25). The van der Waals surface area contributed by atoms with Gasteiger partial charge in [0, 0.05) is 30.2 Å². The monoisotopic (exact) mass is 402 g/mol. The van der Waals surface area contributed by atoms with Gasteiger partial charge in [-0.15, -0.1) is 11.3 Å². The quantitative estimate of drug-likeness (QED) is 0.655. The smallest absolute Gasteiger partial charge is 0.265 e. The fourth-order valence-electron chi connectivity index (χ4n) is 2.47. The molecule has 0 saturated heterocycles. The summed E-state index contributed by atoms with van der Waals surface area (Å²) in [7, 11) is 3.27. The van der Waals surface area contributed by atoms with E-state index in [1.54, 1.807) is 56.6 Å². The molecule has 1 N–H and O–H groups in total. The highest BCUT2D eigenvalue weighted by Gasteiger charge is 2.15. The lowest BCUT2D eigenvalue weighted by atomic mass is 10.2. The molecule has 0 bridgehead atoms. The summed E-state index contributed by atoms with van der Waals surface area (Å²) in [5.41, 5.74) is 1.29. The van der Waals surface area contributed by atoms with Crippen LogP contribution in [0.15, 0.2) is 54.6 Å². The van der Waals surface area contributed by atoms with Gasteiger partial charge in [-0.25, -0.2) is 4.39 Å². The minimum Gasteiger partial charge on any atom is -0.345 e. The summed E-state index contributed by atoms with van der Waals surface area (Å²) in [6.07, 6.45) is 0. The molecule has 3 aromatic rings. The molecule has 3 rings (SSSR count). The number of nitrogens with zero attached hydrogens (tertiary/aromatic N) is 1. The van der Waals surface area contributed by atoms with Crippen LogP contribution in [0.1, 0.15) is 20.0 Å². The third-order valence-corrected chi connectivity index (χ3v) is 5.26. The van der Waals surface area contributed by atoms with Crippen molar-refractivity contribution < 1.29 is 14.0 Å². The van der Waals surface area contributed by atoms with Crippen molar-refractivity contribution in [1.29, 1.82) is 0 Å². The second kappa shape index (κ2) is 7.90. The summed E-state index contributed by atoms with van der Waals surface area (Å²) in [4.78, 5) is 27.0. The van der Waals surface area contributed by atoms with Gasteiger partial charge < -0.3 is 10.2 Å². The molecule has 7 heteroatoms. The molecule has 0 aliphatic rings. The van der Waals surface area contributed by atoms with Crippen LogP contribution >= 0.6 is 22.9 Å². The van der Waals surface area contributed by atoms with Crippen LogP contribution in [0.25, 0.3) is 10.4 Å². The lowest BCUT2D eigenvalue weighted by molar-refractivity contribution is 0.0827. The van der Waals surface area contributed by atoms with E-state index in [0.29, 0.717) is 26.6 Å². The first kappa shape index (κ1) is 19.1. The zero-order valence-corrected chi connectivity index (χ0v) is 16.2. The molecule has 2 amide bonds. The second-order valence-electron chi connectivity index (χ2n) is 5.99. The SMILES string of the molecule is CN(C)C(=O)c1ccc(NC(=O)c2ccc(-c3ccccc3F)s2)cc1Cl. The van der Waals surface area contributed by atoms with E-state index in [-0.39, 0.29) is 22.7 Å². The van der Waals surface area contributed by atoms with Gasteiger partial charge in [-0.3, -0.25) is 9.59 Å². The maximum Gasteiger partial charge on any atom is 0.265 e. The number of rotatable bonds is 4.